The molecule has 0 saturated heterocycles. The number of thiophene rings is 2. The van der Waals surface area contributed by atoms with E-state index in [1.165, 1.54) is 35.6 Å². The van der Waals surface area contributed by atoms with Crippen molar-refractivity contribution in [2.75, 3.05) is 0 Å². The molecule has 0 amide bonds. The Morgan fingerprint density at radius 3 is 1.87 bits per heavy atom. The van der Waals surface area contributed by atoms with E-state index in [9.17, 15) is 5.26 Å². The molecule has 4 aromatic heterocycles. The minimum Gasteiger partial charge on any atom is -0.319 e. The molecule has 0 aliphatic rings. The van der Waals surface area contributed by atoms with Gasteiger partial charge in [-0.3, -0.25) is 0 Å². The molecule has 254 valence electrons. The van der Waals surface area contributed by atoms with Crippen molar-refractivity contribution in [3.63, 3.8) is 0 Å². The smallest absolute Gasteiger partial charge is 0.211 e. The lowest BCUT2D eigenvalue weighted by Gasteiger charge is -2.15. The van der Waals surface area contributed by atoms with Gasteiger partial charge in [-0.2, -0.15) is 5.26 Å². The second-order valence-electron chi connectivity index (χ2n) is 13.5. The summed E-state index contributed by atoms with van der Waals surface area (Å²) >= 11 is 3.53. The van der Waals surface area contributed by atoms with Gasteiger partial charge in [0.15, 0.2) is 5.82 Å². The number of rotatable bonds is 4. The van der Waals surface area contributed by atoms with Crippen molar-refractivity contribution in [1.29, 1.82) is 5.26 Å². The minimum absolute atomic E-state index is 0.366. The number of aromatic nitrogens is 3. The molecule has 0 unspecified atom stereocenters. The van der Waals surface area contributed by atoms with E-state index in [4.69, 9.17) is 16.5 Å². The molecule has 0 spiro atoms. The molecule has 7 heteroatoms. The molecule has 5 nitrogen and oxygen atoms in total. The van der Waals surface area contributed by atoms with Crippen LogP contribution in [0.25, 0.3) is 107 Å². The standard InChI is InChI=1S/C48H25N5S2/c1-50-38-23-29(20-22-40(38)53-39-16-8-5-13-31(39)35-25-36-33-15-7-10-18-43(33)55-45(36)26-41(35)53)47-37(27-49)46(28-11-3-2-4-12-28)51-48(52-47)30-19-21-34-32-14-6-9-17-42(32)54-44(34)24-30/h2-26H. The second kappa shape index (κ2) is 12.2. The summed E-state index contributed by atoms with van der Waals surface area (Å²) < 4.78 is 7.03. The number of hydrogen-bond donors (Lipinski definition) is 0. The predicted octanol–water partition coefficient (Wildman–Crippen LogP) is 13.7. The van der Waals surface area contributed by atoms with Crippen LogP contribution >= 0.6 is 22.7 Å². The lowest BCUT2D eigenvalue weighted by molar-refractivity contribution is 1.16. The molecule has 0 fully saturated rings. The van der Waals surface area contributed by atoms with Gasteiger partial charge in [0, 0.05) is 62.2 Å². The summed E-state index contributed by atoms with van der Waals surface area (Å²) in [6.07, 6.45) is 0. The topological polar surface area (TPSA) is 58.9 Å². The number of nitriles is 1. The van der Waals surface area contributed by atoms with E-state index < -0.39 is 0 Å². The predicted molar refractivity (Wildman–Crippen MR) is 229 cm³/mol. The fourth-order valence-electron chi connectivity index (χ4n) is 7.97. The summed E-state index contributed by atoms with van der Waals surface area (Å²) in [6, 6.07) is 54.4. The Hall–Kier alpha value is -7.16. The molecule has 4 heterocycles. The normalized spacial score (nSPS) is 11.6. The molecule has 11 rings (SSSR count). The maximum atomic E-state index is 10.7. The van der Waals surface area contributed by atoms with Gasteiger partial charge in [-0.1, -0.05) is 103 Å². The quantitative estimate of drug-likeness (QED) is 0.169. The molecule has 11 aromatic rings. The Morgan fingerprint density at radius 2 is 1.13 bits per heavy atom. The summed E-state index contributed by atoms with van der Waals surface area (Å²) in [5.74, 6) is 0.524. The molecule has 0 bridgehead atoms. The van der Waals surface area contributed by atoms with Crippen LogP contribution in [-0.4, -0.2) is 14.5 Å². The fourth-order valence-corrected chi connectivity index (χ4v) is 10.2. The zero-order valence-electron chi connectivity index (χ0n) is 29.0. The first-order chi connectivity index (χ1) is 27.2. The first-order valence-electron chi connectivity index (χ1n) is 17.8. The van der Waals surface area contributed by atoms with E-state index in [-0.39, 0.29) is 0 Å². The van der Waals surface area contributed by atoms with Crippen molar-refractivity contribution in [1.82, 2.24) is 14.5 Å². The van der Waals surface area contributed by atoms with E-state index in [0.29, 0.717) is 34.0 Å². The third kappa shape index (κ3) is 4.82. The molecular weight excluding hydrogens is 711 g/mol. The van der Waals surface area contributed by atoms with E-state index in [0.717, 1.165) is 43.3 Å². The summed E-state index contributed by atoms with van der Waals surface area (Å²) in [4.78, 5) is 14.3. The average Bonchev–Trinajstić information content (AvgIpc) is 3.91. The summed E-state index contributed by atoms with van der Waals surface area (Å²) in [5, 5.41) is 17.9. The van der Waals surface area contributed by atoms with Gasteiger partial charge in [-0.15, -0.1) is 22.7 Å². The highest BCUT2D eigenvalue weighted by Crippen LogP contribution is 2.43. The van der Waals surface area contributed by atoms with Gasteiger partial charge >= 0.3 is 0 Å². The highest BCUT2D eigenvalue weighted by molar-refractivity contribution is 7.26. The van der Waals surface area contributed by atoms with Crippen LogP contribution in [0.4, 0.5) is 5.69 Å². The maximum Gasteiger partial charge on any atom is 0.211 e. The van der Waals surface area contributed by atoms with Crippen molar-refractivity contribution >= 4 is 90.5 Å². The van der Waals surface area contributed by atoms with Crippen LogP contribution in [0, 0.1) is 17.9 Å². The van der Waals surface area contributed by atoms with Gasteiger partial charge in [0.25, 0.3) is 0 Å². The maximum absolute atomic E-state index is 10.7. The van der Waals surface area contributed by atoms with E-state index >= 15 is 0 Å². The second-order valence-corrected chi connectivity index (χ2v) is 15.7. The van der Waals surface area contributed by atoms with Gasteiger partial charge in [0.1, 0.15) is 11.6 Å². The summed E-state index contributed by atoms with van der Waals surface area (Å²) in [7, 11) is 0. The van der Waals surface area contributed by atoms with Crippen molar-refractivity contribution in [2.24, 2.45) is 0 Å². The Balaban J connectivity index is 1.13. The third-order valence-electron chi connectivity index (χ3n) is 10.5. The molecule has 0 saturated carbocycles. The zero-order valence-corrected chi connectivity index (χ0v) is 30.6. The van der Waals surface area contributed by atoms with Gasteiger partial charge in [0.05, 0.1) is 34.7 Å². The Morgan fingerprint density at radius 1 is 0.509 bits per heavy atom. The number of benzene rings is 7. The molecule has 0 N–H and O–H groups in total. The lowest BCUT2D eigenvalue weighted by Crippen LogP contribution is -2.01. The van der Waals surface area contributed by atoms with Crippen LogP contribution in [0.5, 0.6) is 0 Å². The summed E-state index contributed by atoms with van der Waals surface area (Å²) in [6.45, 7) is 8.46. The molecule has 0 aliphatic carbocycles. The Bertz CT molecular complexity index is 3470. The first kappa shape index (κ1) is 31.4. The largest absolute Gasteiger partial charge is 0.319 e. The van der Waals surface area contributed by atoms with Gasteiger partial charge in [-0.05, 0) is 54.1 Å². The minimum atomic E-state index is 0.366. The SMILES string of the molecule is [C-]#[N+]c1cc(-c2nc(-c3ccc4c(c3)sc3ccccc34)nc(-c3ccccc3)c2C#N)ccc1-n1c2ccccc2c2cc3c(cc21)sc1ccccc13. The highest BCUT2D eigenvalue weighted by atomic mass is 32.1. The Kier molecular flexibility index (Phi) is 6.96. The van der Waals surface area contributed by atoms with Crippen LogP contribution in [0.3, 0.4) is 0 Å². The van der Waals surface area contributed by atoms with E-state index in [1.807, 2.05) is 54.6 Å². The molecule has 55 heavy (non-hydrogen) atoms. The summed E-state index contributed by atoms with van der Waals surface area (Å²) in [5.41, 5.74) is 7.11. The van der Waals surface area contributed by atoms with Crippen LogP contribution in [0.1, 0.15) is 5.56 Å². The average molecular weight is 736 g/mol. The van der Waals surface area contributed by atoms with Gasteiger partial charge in [-0.25, -0.2) is 14.8 Å². The monoisotopic (exact) mass is 735 g/mol. The number of nitrogens with zero attached hydrogens (tertiary/aromatic N) is 5. The third-order valence-corrected chi connectivity index (χ3v) is 12.8. The van der Waals surface area contributed by atoms with Gasteiger partial charge in [0.2, 0.25) is 5.69 Å². The molecular formula is C48H25N5S2. The van der Waals surface area contributed by atoms with Crippen molar-refractivity contribution in [2.45, 2.75) is 0 Å². The van der Waals surface area contributed by atoms with Crippen molar-refractivity contribution in [3.05, 3.63) is 169 Å². The van der Waals surface area contributed by atoms with Crippen LogP contribution in [-0.2, 0) is 0 Å². The van der Waals surface area contributed by atoms with Crippen molar-refractivity contribution < 1.29 is 0 Å². The molecule has 0 radical (unpaired) electrons. The van der Waals surface area contributed by atoms with Crippen LogP contribution in [0.2, 0.25) is 0 Å². The van der Waals surface area contributed by atoms with Crippen molar-refractivity contribution in [3.8, 4) is 45.7 Å². The Labute approximate surface area is 323 Å². The van der Waals surface area contributed by atoms with E-state index in [1.54, 1.807) is 22.7 Å². The number of hydrogen-bond acceptors (Lipinski definition) is 5. The fraction of sp³-hybridized carbons (Fsp3) is 0. The first-order valence-corrected chi connectivity index (χ1v) is 19.5. The highest BCUT2D eigenvalue weighted by Gasteiger charge is 2.22. The number of para-hydroxylation sites is 1. The lowest BCUT2D eigenvalue weighted by atomic mass is 9.99. The number of fused-ring (bicyclic) bond motifs is 9. The molecule has 0 aliphatic heterocycles. The zero-order chi connectivity index (χ0) is 36.6. The molecule has 7 aromatic carbocycles. The molecule has 0 atom stereocenters. The van der Waals surface area contributed by atoms with Crippen LogP contribution in [0.15, 0.2) is 152 Å². The van der Waals surface area contributed by atoms with E-state index in [2.05, 4.69) is 113 Å². The van der Waals surface area contributed by atoms with Gasteiger partial charge < -0.3 is 4.57 Å². The van der Waals surface area contributed by atoms with Crippen LogP contribution < -0.4 is 0 Å².